The Morgan fingerprint density at radius 2 is 2.38 bits per heavy atom. The van der Waals surface area contributed by atoms with Crippen molar-refractivity contribution < 1.29 is 9.47 Å². The lowest BCUT2D eigenvalue weighted by Gasteiger charge is -2.50. The second-order valence-electron chi connectivity index (χ2n) is 6.47. The van der Waals surface area contributed by atoms with Gasteiger partial charge in [0.15, 0.2) is 0 Å². The van der Waals surface area contributed by atoms with Gasteiger partial charge in [-0.25, -0.2) is 0 Å². The number of likely N-dealkylation sites (tertiary alicyclic amines) is 1. The Bertz CT molecular complexity index is 461. The summed E-state index contributed by atoms with van der Waals surface area (Å²) < 4.78 is 11.9. The summed E-state index contributed by atoms with van der Waals surface area (Å²) >= 11 is 1.92. The third-order valence-electron chi connectivity index (χ3n) is 4.84. The van der Waals surface area contributed by atoms with Crippen molar-refractivity contribution in [2.45, 2.75) is 45.8 Å². The molecule has 118 valence electrons. The highest BCUT2D eigenvalue weighted by Gasteiger charge is 2.46. The SMILES string of the molecule is CCOC[C@@]12CCCO[C@H]1CCN(Cc1ccc(C)s1)C2. The molecule has 2 fully saturated rings. The molecule has 0 aliphatic carbocycles. The van der Waals surface area contributed by atoms with E-state index in [9.17, 15) is 0 Å². The number of ether oxygens (including phenoxy) is 2. The Morgan fingerprint density at radius 3 is 3.14 bits per heavy atom. The molecule has 0 aromatic carbocycles. The molecule has 0 bridgehead atoms. The highest BCUT2D eigenvalue weighted by molar-refractivity contribution is 7.11. The van der Waals surface area contributed by atoms with Crippen LogP contribution in [0.25, 0.3) is 0 Å². The van der Waals surface area contributed by atoms with Gasteiger partial charge in [0.05, 0.1) is 12.7 Å². The maximum absolute atomic E-state index is 6.08. The minimum atomic E-state index is 0.221. The van der Waals surface area contributed by atoms with E-state index in [1.165, 1.54) is 22.6 Å². The van der Waals surface area contributed by atoms with Crippen molar-refractivity contribution in [3.63, 3.8) is 0 Å². The van der Waals surface area contributed by atoms with Crippen molar-refractivity contribution in [2.24, 2.45) is 5.41 Å². The lowest BCUT2D eigenvalue weighted by molar-refractivity contribution is -0.153. The molecule has 0 amide bonds. The number of hydrogen-bond acceptors (Lipinski definition) is 4. The smallest absolute Gasteiger partial charge is 0.0677 e. The first-order valence-corrected chi connectivity index (χ1v) is 9.00. The van der Waals surface area contributed by atoms with Crippen LogP contribution in [0.3, 0.4) is 0 Å². The van der Waals surface area contributed by atoms with Gasteiger partial charge in [0, 0.05) is 48.0 Å². The highest BCUT2D eigenvalue weighted by Crippen LogP contribution is 2.41. The molecule has 4 heteroatoms. The number of thiophene rings is 1. The maximum atomic E-state index is 6.08. The number of fused-ring (bicyclic) bond motifs is 1. The van der Waals surface area contributed by atoms with Gasteiger partial charge in [0.2, 0.25) is 0 Å². The van der Waals surface area contributed by atoms with Crippen LogP contribution in [0.15, 0.2) is 12.1 Å². The van der Waals surface area contributed by atoms with E-state index in [0.29, 0.717) is 6.10 Å². The fourth-order valence-electron chi connectivity index (χ4n) is 3.82. The molecule has 0 saturated carbocycles. The van der Waals surface area contributed by atoms with Gasteiger partial charge in [-0.3, -0.25) is 4.90 Å². The summed E-state index contributed by atoms with van der Waals surface area (Å²) in [6, 6.07) is 4.51. The topological polar surface area (TPSA) is 21.7 Å². The van der Waals surface area contributed by atoms with Crippen molar-refractivity contribution in [2.75, 3.05) is 32.9 Å². The molecule has 21 heavy (non-hydrogen) atoms. The normalized spacial score (nSPS) is 30.3. The van der Waals surface area contributed by atoms with E-state index in [1.54, 1.807) is 0 Å². The lowest BCUT2D eigenvalue weighted by atomic mass is 9.73. The van der Waals surface area contributed by atoms with E-state index in [2.05, 4.69) is 30.9 Å². The Hall–Kier alpha value is -0.420. The zero-order valence-electron chi connectivity index (χ0n) is 13.3. The summed E-state index contributed by atoms with van der Waals surface area (Å²) in [6.45, 7) is 10.2. The number of rotatable bonds is 5. The van der Waals surface area contributed by atoms with E-state index in [1.807, 2.05) is 11.3 Å². The van der Waals surface area contributed by atoms with E-state index >= 15 is 0 Å². The molecule has 1 aromatic rings. The predicted octanol–water partition coefficient (Wildman–Crippen LogP) is 3.46. The lowest BCUT2D eigenvalue weighted by Crippen LogP contribution is -2.56. The molecule has 3 rings (SSSR count). The van der Waals surface area contributed by atoms with E-state index in [0.717, 1.165) is 45.9 Å². The summed E-state index contributed by atoms with van der Waals surface area (Å²) in [7, 11) is 0. The van der Waals surface area contributed by atoms with Gasteiger partial charge in [-0.2, -0.15) is 0 Å². The van der Waals surface area contributed by atoms with E-state index in [-0.39, 0.29) is 5.41 Å². The zero-order valence-corrected chi connectivity index (χ0v) is 14.1. The summed E-state index contributed by atoms with van der Waals surface area (Å²) in [4.78, 5) is 5.49. The molecular formula is C17H27NO2S. The van der Waals surface area contributed by atoms with E-state index in [4.69, 9.17) is 9.47 Å². The molecule has 0 radical (unpaired) electrons. The Labute approximate surface area is 132 Å². The second kappa shape index (κ2) is 6.78. The Balaban J connectivity index is 1.68. The second-order valence-corrected chi connectivity index (χ2v) is 7.85. The van der Waals surface area contributed by atoms with Crippen LogP contribution < -0.4 is 0 Å². The van der Waals surface area contributed by atoms with Crippen LogP contribution >= 0.6 is 11.3 Å². The minimum Gasteiger partial charge on any atom is -0.381 e. The predicted molar refractivity (Wildman–Crippen MR) is 86.9 cm³/mol. The monoisotopic (exact) mass is 309 g/mol. The Kier molecular flexibility index (Phi) is 4.99. The van der Waals surface area contributed by atoms with E-state index < -0.39 is 0 Å². The van der Waals surface area contributed by atoms with Crippen LogP contribution in [-0.2, 0) is 16.0 Å². The molecule has 0 spiro atoms. The first-order chi connectivity index (χ1) is 10.2. The molecule has 3 nitrogen and oxygen atoms in total. The number of piperidine rings is 1. The van der Waals surface area contributed by atoms with Crippen LogP contribution in [0.2, 0.25) is 0 Å². The van der Waals surface area contributed by atoms with Crippen LogP contribution in [-0.4, -0.2) is 43.9 Å². The molecule has 1 aromatic heterocycles. The van der Waals surface area contributed by atoms with Crippen molar-refractivity contribution >= 4 is 11.3 Å². The van der Waals surface area contributed by atoms with Gasteiger partial charge in [-0.05, 0) is 45.2 Å². The van der Waals surface area contributed by atoms with Crippen LogP contribution in [0.1, 0.15) is 35.9 Å². The third kappa shape index (κ3) is 3.50. The van der Waals surface area contributed by atoms with Gasteiger partial charge in [0.25, 0.3) is 0 Å². The van der Waals surface area contributed by atoms with Crippen molar-refractivity contribution in [1.82, 2.24) is 4.90 Å². The molecule has 2 aliphatic rings. The van der Waals surface area contributed by atoms with Gasteiger partial charge in [-0.1, -0.05) is 0 Å². The summed E-state index contributed by atoms with van der Waals surface area (Å²) in [6.07, 6.45) is 3.98. The standard InChI is InChI=1S/C17H27NO2S/c1-3-19-13-17-8-4-10-20-16(17)7-9-18(12-17)11-15-6-5-14(2)21-15/h5-6,16H,3-4,7-13H2,1-2H3/t16-,17-/m0/s1. The van der Waals surface area contributed by atoms with Crippen molar-refractivity contribution in [3.05, 3.63) is 21.9 Å². The summed E-state index contributed by atoms with van der Waals surface area (Å²) in [5, 5.41) is 0. The summed E-state index contributed by atoms with van der Waals surface area (Å²) in [5.41, 5.74) is 0.221. The average molecular weight is 309 g/mol. The first-order valence-electron chi connectivity index (χ1n) is 8.19. The molecule has 2 atom stereocenters. The van der Waals surface area contributed by atoms with Crippen LogP contribution in [0.4, 0.5) is 0 Å². The average Bonchev–Trinajstić information content (AvgIpc) is 2.90. The number of nitrogens with zero attached hydrogens (tertiary/aromatic N) is 1. The fourth-order valence-corrected chi connectivity index (χ4v) is 4.76. The highest BCUT2D eigenvalue weighted by atomic mass is 32.1. The number of aryl methyl sites for hydroxylation is 1. The summed E-state index contributed by atoms with van der Waals surface area (Å²) in [5.74, 6) is 0. The molecular weight excluding hydrogens is 282 g/mol. The fraction of sp³-hybridized carbons (Fsp3) is 0.765. The third-order valence-corrected chi connectivity index (χ3v) is 5.82. The zero-order chi connectivity index (χ0) is 14.7. The number of hydrogen-bond donors (Lipinski definition) is 0. The van der Waals surface area contributed by atoms with Gasteiger partial charge in [0.1, 0.15) is 0 Å². The van der Waals surface area contributed by atoms with Gasteiger partial charge in [-0.15, -0.1) is 11.3 Å². The Morgan fingerprint density at radius 1 is 1.48 bits per heavy atom. The quantitative estimate of drug-likeness (QED) is 0.831. The molecule has 2 saturated heterocycles. The van der Waals surface area contributed by atoms with Crippen LogP contribution in [0, 0.1) is 12.3 Å². The molecule has 0 unspecified atom stereocenters. The van der Waals surface area contributed by atoms with Gasteiger partial charge >= 0.3 is 0 Å². The molecule has 2 aliphatic heterocycles. The van der Waals surface area contributed by atoms with Crippen molar-refractivity contribution in [3.8, 4) is 0 Å². The van der Waals surface area contributed by atoms with Crippen molar-refractivity contribution in [1.29, 1.82) is 0 Å². The minimum absolute atomic E-state index is 0.221. The maximum Gasteiger partial charge on any atom is 0.0677 e. The molecule has 3 heterocycles. The van der Waals surface area contributed by atoms with Crippen LogP contribution in [0.5, 0.6) is 0 Å². The molecule has 0 N–H and O–H groups in total. The first kappa shape index (κ1) is 15.5. The van der Waals surface area contributed by atoms with Gasteiger partial charge < -0.3 is 9.47 Å². The largest absolute Gasteiger partial charge is 0.381 e.